The lowest BCUT2D eigenvalue weighted by Gasteiger charge is -2.28. The van der Waals surface area contributed by atoms with Crippen LogP contribution in [0.2, 0.25) is 0 Å². The molecule has 11 heteroatoms. The Morgan fingerprint density at radius 2 is 1.52 bits per heavy atom. The number of nitrogens with one attached hydrogen (secondary N) is 1. The van der Waals surface area contributed by atoms with E-state index in [0.717, 1.165) is 7.11 Å². The van der Waals surface area contributed by atoms with Gasteiger partial charge in [-0.1, -0.05) is 0 Å². The van der Waals surface area contributed by atoms with Crippen molar-refractivity contribution >= 4 is 17.3 Å². The van der Waals surface area contributed by atoms with E-state index in [1.807, 2.05) is 0 Å². The summed E-state index contributed by atoms with van der Waals surface area (Å²) >= 11 is -1.86. The van der Waals surface area contributed by atoms with Crippen LogP contribution in [0.15, 0.2) is 18.2 Å². The van der Waals surface area contributed by atoms with Crippen molar-refractivity contribution < 1.29 is 40.4 Å². The van der Waals surface area contributed by atoms with Gasteiger partial charge in [-0.25, -0.2) is 0 Å². The monoisotopic (exact) mass is 419 g/mol. The average Bonchev–Trinajstić information content (AvgIpc) is 2.50. The lowest BCUT2D eigenvalue weighted by Crippen LogP contribution is -2.42. The zero-order valence-corrected chi connectivity index (χ0v) is 15.7. The lowest BCUT2D eigenvalue weighted by molar-refractivity contribution is -0.143. The van der Waals surface area contributed by atoms with Gasteiger partial charge in [0.15, 0.2) is 0 Å². The molecule has 0 aliphatic rings. The van der Waals surface area contributed by atoms with E-state index in [1.165, 1.54) is 0 Å². The second-order valence-corrected chi connectivity index (χ2v) is 8.67. The van der Waals surface area contributed by atoms with Crippen molar-refractivity contribution in [2.75, 3.05) is 7.11 Å². The molecule has 1 rings (SSSR count). The van der Waals surface area contributed by atoms with E-state index in [4.69, 9.17) is 0 Å². The Labute approximate surface area is 155 Å². The van der Waals surface area contributed by atoms with Gasteiger partial charge in [0.1, 0.15) is 4.75 Å². The minimum Gasteiger partial charge on any atom is -0.598 e. The Hall–Kier alpha value is -1.46. The molecule has 0 radical (unpaired) electrons. The lowest BCUT2D eigenvalue weighted by atomic mass is 9.98. The molecular weight excluding hydrogens is 400 g/mol. The van der Waals surface area contributed by atoms with E-state index >= 15 is 0 Å². The summed E-state index contributed by atoms with van der Waals surface area (Å²) < 4.78 is 96.5. The number of alkyl halides is 6. The van der Waals surface area contributed by atoms with Crippen molar-refractivity contribution in [3.8, 4) is 0 Å². The predicted octanol–water partition coefficient (Wildman–Crippen LogP) is 4.38. The number of carbonyl (C=O) groups is 1. The molecule has 0 saturated carbocycles. The standard InChI is InChI=1S/C16H19F6NO3S/c1-14(2,3)27(25)23-12(8-13(24)26-4)9-5-10(15(17,18)19)7-11(6-9)16(20,21)22/h5-7,12,23H,8H2,1-4H3/t12-,27?/m0/s1. The summed E-state index contributed by atoms with van der Waals surface area (Å²) in [5, 5.41) is 0. The highest BCUT2D eigenvalue weighted by molar-refractivity contribution is 7.90. The minimum absolute atomic E-state index is 0.0145. The number of hydrogen-bond acceptors (Lipinski definition) is 4. The fourth-order valence-corrected chi connectivity index (χ4v) is 2.80. The van der Waals surface area contributed by atoms with Gasteiger partial charge in [-0.05, 0) is 44.5 Å². The third kappa shape index (κ3) is 6.89. The molecule has 0 spiro atoms. The van der Waals surface area contributed by atoms with Crippen molar-refractivity contribution in [2.24, 2.45) is 0 Å². The fraction of sp³-hybridized carbons (Fsp3) is 0.562. The van der Waals surface area contributed by atoms with Crippen molar-refractivity contribution in [3.05, 3.63) is 34.9 Å². The normalized spacial score (nSPS) is 15.4. The molecule has 0 aromatic heterocycles. The zero-order valence-electron chi connectivity index (χ0n) is 14.9. The first-order valence-electron chi connectivity index (χ1n) is 7.60. The van der Waals surface area contributed by atoms with Crippen LogP contribution in [-0.4, -0.2) is 22.4 Å². The van der Waals surface area contributed by atoms with Gasteiger partial charge in [0.05, 0.1) is 30.7 Å². The summed E-state index contributed by atoms with van der Waals surface area (Å²) in [5.41, 5.74) is -3.52. The van der Waals surface area contributed by atoms with E-state index in [1.54, 1.807) is 20.8 Å². The first-order valence-corrected chi connectivity index (χ1v) is 8.75. The zero-order chi connectivity index (χ0) is 21.2. The molecule has 0 amide bonds. The number of rotatable bonds is 5. The van der Waals surface area contributed by atoms with Gasteiger partial charge < -0.3 is 9.29 Å². The highest BCUT2D eigenvalue weighted by atomic mass is 32.2. The van der Waals surface area contributed by atoms with Crippen LogP contribution in [0.3, 0.4) is 0 Å². The van der Waals surface area contributed by atoms with Crippen LogP contribution in [-0.2, 0) is 33.2 Å². The van der Waals surface area contributed by atoms with Crippen LogP contribution >= 0.6 is 0 Å². The highest BCUT2D eigenvalue weighted by Gasteiger charge is 2.39. The maximum Gasteiger partial charge on any atom is 0.416 e. The molecule has 1 aromatic rings. The van der Waals surface area contributed by atoms with E-state index < -0.39 is 63.6 Å². The number of carbonyl (C=O) groups excluding carboxylic acids is 1. The molecule has 0 bridgehead atoms. The summed E-state index contributed by atoms with van der Waals surface area (Å²) in [6.07, 6.45) is -10.7. The Bertz CT molecular complexity index is 637. The SMILES string of the molecule is COC(=O)C[C@H](N[S+]([O-])C(C)(C)C)c1cc(C(F)(F)F)cc(C(F)(F)F)c1. The number of esters is 1. The second kappa shape index (κ2) is 8.27. The fourth-order valence-electron chi connectivity index (χ4n) is 1.96. The molecule has 1 aromatic carbocycles. The van der Waals surface area contributed by atoms with Crippen molar-refractivity contribution in [3.63, 3.8) is 0 Å². The summed E-state index contributed by atoms with van der Waals surface area (Å²) in [5.74, 6) is -0.885. The summed E-state index contributed by atoms with van der Waals surface area (Å²) in [6, 6.07) is -0.397. The van der Waals surface area contributed by atoms with E-state index in [2.05, 4.69) is 9.46 Å². The van der Waals surface area contributed by atoms with Gasteiger partial charge in [0.2, 0.25) is 0 Å². The molecule has 0 saturated heterocycles. The van der Waals surface area contributed by atoms with E-state index in [0.29, 0.717) is 12.1 Å². The number of ether oxygens (including phenoxy) is 1. The van der Waals surface area contributed by atoms with Crippen LogP contribution in [0.5, 0.6) is 0 Å². The molecule has 27 heavy (non-hydrogen) atoms. The summed E-state index contributed by atoms with van der Waals surface area (Å²) in [7, 11) is 1.02. The van der Waals surface area contributed by atoms with E-state index in [9.17, 15) is 35.7 Å². The van der Waals surface area contributed by atoms with Gasteiger partial charge in [-0.2, -0.15) is 26.3 Å². The first-order chi connectivity index (χ1) is 12.1. The predicted molar refractivity (Wildman–Crippen MR) is 86.9 cm³/mol. The molecule has 0 heterocycles. The average molecular weight is 419 g/mol. The minimum atomic E-state index is -5.03. The van der Waals surface area contributed by atoms with Crippen molar-refractivity contribution in [2.45, 2.75) is 50.3 Å². The van der Waals surface area contributed by atoms with E-state index in [-0.39, 0.29) is 6.07 Å². The highest BCUT2D eigenvalue weighted by Crippen LogP contribution is 2.38. The van der Waals surface area contributed by atoms with Crippen LogP contribution in [0.1, 0.15) is 49.9 Å². The number of hydrogen-bond donors (Lipinski definition) is 1. The number of benzene rings is 1. The Kier molecular flexibility index (Phi) is 7.23. The largest absolute Gasteiger partial charge is 0.598 e. The maximum absolute atomic E-state index is 13.0. The molecule has 4 nitrogen and oxygen atoms in total. The van der Waals surface area contributed by atoms with Crippen LogP contribution in [0, 0.1) is 0 Å². The molecule has 0 aliphatic heterocycles. The van der Waals surface area contributed by atoms with Gasteiger partial charge >= 0.3 is 18.3 Å². The third-order valence-electron chi connectivity index (χ3n) is 3.42. The first kappa shape index (κ1) is 23.6. The smallest absolute Gasteiger partial charge is 0.416 e. The third-order valence-corrected chi connectivity index (χ3v) is 5.03. The van der Waals surface area contributed by atoms with Crippen LogP contribution in [0.25, 0.3) is 0 Å². The quantitative estimate of drug-likeness (QED) is 0.437. The molecule has 1 unspecified atom stereocenters. The Morgan fingerprint density at radius 1 is 1.07 bits per heavy atom. The van der Waals surface area contributed by atoms with Crippen molar-refractivity contribution in [1.82, 2.24) is 4.72 Å². The second-order valence-electron chi connectivity index (χ2n) is 6.67. The molecule has 0 aliphatic carbocycles. The maximum atomic E-state index is 13.0. The molecule has 154 valence electrons. The summed E-state index contributed by atoms with van der Waals surface area (Å²) in [4.78, 5) is 11.6. The van der Waals surface area contributed by atoms with Gasteiger partial charge in [0.25, 0.3) is 0 Å². The van der Waals surface area contributed by atoms with Crippen LogP contribution < -0.4 is 4.72 Å². The molecule has 2 atom stereocenters. The van der Waals surface area contributed by atoms with Gasteiger partial charge in [-0.3, -0.25) is 4.79 Å². The van der Waals surface area contributed by atoms with Crippen molar-refractivity contribution in [1.29, 1.82) is 0 Å². The molecule has 1 N–H and O–H groups in total. The van der Waals surface area contributed by atoms with Gasteiger partial charge in [0, 0.05) is 11.4 Å². The molecule has 0 fully saturated rings. The molecular formula is C16H19F6NO3S. The van der Waals surface area contributed by atoms with Gasteiger partial charge in [-0.15, -0.1) is 4.72 Å². The number of methoxy groups -OCH3 is 1. The topological polar surface area (TPSA) is 61.4 Å². The summed E-state index contributed by atoms with van der Waals surface area (Å²) in [6.45, 7) is 4.66. The van der Waals surface area contributed by atoms with Crippen LogP contribution in [0.4, 0.5) is 26.3 Å². The Balaban J connectivity index is 3.47. The Morgan fingerprint density at radius 3 is 1.85 bits per heavy atom. The number of halogens is 6.